The standard InChI is InChI=1S/C10H11BrO3S/c1-14-8-3-2-7(11)6-9(8)15-5-4-10(12)13/h2-3,6H,4-5H2,1H3,(H,12,13). The summed E-state index contributed by atoms with van der Waals surface area (Å²) in [4.78, 5) is 11.3. The number of hydrogen-bond acceptors (Lipinski definition) is 3. The summed E-state index contributed by atoms with van der Waals surface area (Å²) in [5.74, 6) is 0.535. The molecule has 5 heteroatoms. The van der Waals surface area contributed by atoms with Gasteiger partial charge in [-0.25, -0.2) is 0 Å². The van der Waals surface area contributed by atoms with Crippen LogP contribution in [0, 0.1) is 0 Å². The second-order valence-electron chi connectivity index (χ2n) is 2.79. The molecule has 82 valence electrons. The van der Waals surface area contributed by atoms with Crippen LogP contribution in [0.25, 0.3) is 0 Å². The maximum Gasteiger partial charge on any atom is 0.304 e. The summed E-state index contributed by atoms with van der Waals surface area (Å²) in [6.45, 7) is 0. The molecule has 0 radical (unpaired) electrons. The van der Waals surface area contributed by atoms with Crippen molar-refractivity contribution >= 4 is 33.7 Å². The highest BCUT2D eigenvalue weighted by atomic mass is 79.9. The fourth-order valence-electron chi connectivity index (χ4n) is 1.01. The van der Waals surface area contributed by atoms with Crippen LogP contribution >= 0.6 is 27.7 Å². The van der Waals surface area contributed by atoms with Crippen LogP contribution in [0.15, 0.2) is 27.6 Å². The minimum absolute atomic E-state index is 0.153. The molecular formula is C10H11BrO3S. The lowest BCUT2D eigenvalue weighted by molar-refractivity contribution is -0.136. The Morgan fingerprint density at radius 3 is 2.93 bits per heavy atom. The first-order valence-corrected chi connectivity index (χ1v) is 6.09. The number of carboxylic acid groups (broad SMARTS) is 1. The number of rotatable bonds is 5. The molecule has 1 N–H and O–H groups in total. The largest absolute Gasteiger partial charge is 0.496 e. The van der Waals surface area contributed by atoms with E-state index in [0.29, 0.717) is 5.75 Å². The zero-order valence-corrected chi connectivity index (χ0v) is 10.6. The number of methoxy groups -OCH3 is 1. The molecule has 0 aliphatic heterocycles. The van der Waals surface area contributed by atoms with E-state index in [1.165, 1.54) is 11.8 Å². The van der Waals surface area contributed by atoms with Crippen molar-refractivity contribution in [1.29, 1.82) is 0 Å². The molecule has 0 aromatic heterocycles. The molecule has 0 bridgehead atoms. The molecule has 3 nitrogen and oxygen atoms in total. The Morgan fingerprint density at radius 1 is 1.60 bits per heavy atom. The number of carboxylic acids is 1. The SMILES string of the molecule is COc1ccc(Br)cc1SCCC(=O)O. The van der Waals surface area contributed by atoms with Crippen LogP contribution in [-0.4, -0.2) is 23.9 Å². The molecule has 0 saturated heterocycles. The van der Waals surface area contributed by atoms with Crippen LogP contribution in [0.4, 0.5) is 0 Å². The quantitative estimate of drug-likeness (QED) is 0.847. The van der Waals surface area contributed by atoms with Gasteiger partial charge in [0.05, 0.1) is 18.4 Å². The third-order valence-electron chi connectivity index (χ3n) is 1.70. The zero-order chi connectivity index (χ0) is 11.3. The van der Waals surface area contributed by atoms with Crippen LogP contribution in [0.1, 0.15) is 6.42 Å². The number of aliphatic carboxylic acids is 1. The van der Waals surface area contributed by atoms with Gasteiger partial charge in [0, 0.05) is 10.2 Å². The predicted octanol–water partition coefficient (Wildman–Crippen LogP) is 3.02. The van der Waals surface area contributed by atoms with E-state index >= 15 is 0 Å². The molecule has 0 aliphatic rings. The average Bonchev–Trinajstić information content (AvgIpc) is 2.17. The number of ether oxygens (including phenoxy) is 1. The van der Waals surface area contributed by atoms with Gasteiger partial charge in [0.2, 0.25) is 0 Å². The highest BCUT2D eigenvalue weighted by Gasteiger charge is 2.05. The summed E-state index contributed by atoms with van der Waals surface area (Å²) < 4.78 is 6.13. The van der Waals surface area contributed by atoms with Gasteiger partial charge in [0.15, 0.2) is 0 Å². The predicted molar refractivity (Wildman–Crippen MR) is 63.7 cm³/mol. The summed E-state index contributed by atoms with van der Waals surface area (Å²) in [7, 11) is 1.60. The van der Waals surface area contributed by atoms with Crippen molar-refractivity contribution in [3.63, 3.8) is 0 Å². The summed E-state index contributed by atoms with van der Waals surface area (Å²) in [6, 6.07) is 5.67. The van der Waals surface area contributed by atoms with Gasteiger partial charge in [-0.2, -0.15) is 0 Å². The van der Waals surface area contributed by atoms with Crippen molar-refractivity contribution in [3.8, 4) is 5.75 Å². The lowest BCUT2D eigenvalue weighted by Crippen LogP contribution is -1.96. The molecule has 1 rings (SSSR count). The van der Waals surface area contributed by atoms with Gasteiger partial charge in [-0.1, -0.05) is 15.9 Å². The Bertz CT molecular complexity index is 355. The van der Waals surface area contributed by atoms with E-state index in [1.807, 2.05) is 18.2 Å². The molecule has 0 saturated carbocycles. The van der Waals surface area contributed by atoms with Crippen LogP contribution < -0.4 is 4.74 Å². The number of benzene rings is 1. The van der Waals surface area contributed by atoms with Gasteiger partial charge in [-0.15, -0.1) is 11.8 Å². The van der Waals surface area contributed by atoms with Crippen molar-refractivity contribution in [2.24, 2.45) is 0 Å². The Hall–Kier alpha value is -0.680. The maximum absolute atomic E-state index is 10.4. The fraction of sp³-hybridized carbons (Fsp3) is 0.300. The van der Waals surface area contributed by atoms with E-state index in [4.69, 9.17) is 9.84 Å². The van der Waals surface area contributed by atoms with Crippen molar-refractivity contribution in [1.82, 2.24) is 0 Å². The van der Waals surface area contributed by atoms with Crippen LogP contribution in [0.5, 0.6) is 5.75 Å². The number of thioether (sulfide) groups is 1. The van der Waals surface area contributed by atoms with Gasteiger partial charge in [-0.3, -0.25) is 4.79 Å². The molecule has 1 aromatic carbocycles. The minimum Gasteiger partial charge on any atom is -0.496 e. The highest BCUT2D eigenvalue weighted by molar-refractivity contribution is 9.10. The lowest BCUT2D eigenvalue weighted by atomic mass is 10.3. The molecular weight excluding hydrogens is 280 g/mol. The van der Waals surface area contributed by atoms with Gasteiger partial charge in [0.25, 0.3) is 0 Å². The molecule has 0 aliphatic carbocycles. The van der Waals surface area contributed by atoms with Crippen LogP contribution in [0.3, 0.4) is 0 Å². The third-order valence-corrected chi connectivity index (χ3v) is 3.23. The van der Waals surface area contributed by atoms with Crippen molar-refractivity contribution in [2.45, 2.75) is 11.3 Å². The minimum atomic E-state index is -0.781. The smallest absolute Gasteiger partial charge is 0.304 e. The molecule has 0 fully saturated rings. The zero-order valence-electron chi connectivity index (χ0n) is 8.20. The molecule has 0 amide bonds. The molecule has 0 atom stereocenters. The van der Waals surface area contributed by atoms with E-state index in [1.54, 1.807) is 7.11 Å². The fourth-order valence-corrected chi connectivity index (χ4v) is 2.52. The lowest BCUT2D eigenvalue weighted by Gasteiger charge is -2.07. The van der Waals surface area contributed by atoms with E-state index in [-0.39, 0.29) is 6.42 Å². The Labute approximate surface area is 101 Å². The second-order valence-corrected chi connectivity index (χ2v) is 4.84. The van der Waals surface area contributed by atoms with E-state index in [0.717, 1.165) is 15.1 Å². The van der Waals surface area contributed by atoms with Crippen molar-refractivity contribution in [3.05, 3.63) is 22.7 Å². The molecule has 0 unspecified atom stereocenters. The first kappa shape index (κ1) is 12.4. The van der Waals surface area contributed by atoms with Crippen molar-refractivity contribution < 1.29 is 14.6 Å². The number of halogens is 1. The van der Waals surface area contributed by atoms with E-state index < -0.39 is 5.97 Å². The molecule has 1 aromatic rings. The molecule has 15 heavy (non-hydrogen) atoms. The second kappa shape index (κ2) is 6.02. The summed E-state index contributed by atoms with van der Waals surface area (Å²) in [5.41, 5.74) is 0. The summed E-state index contributed by atoms with van der Waals surface area (Å²) in [5, 5.41) is 8.52. The van der Waals surface area contributed by atoms with Gasteiger partial charge < -0.3 is 9.84 Å². The molecule has 0 heterocycles. The Kier molecular flexibility index (Phi) is 4.98. The topological polar surface area (TPSA) is 46.5 Å². The van der Waals surface area contributed by atoms with Gasteiger partial charge in [-0.05, 0) is 18.2 Å². The summed E-state index contributed by atoms with van der Waals surface area (Å²) >= 11 is 4.84. The Morgan fingerprint density at radius 2 is 2.33 bits per heavy atom. The maximum atomic E-state index is 10.4. The first-order chi connectivity index (χ1) is 7.13. The monoisotopic (exact) mass is 290 g/mol. The van der Waals surface area contributed by atoms with Crippen molar-refractivity contribution in [2.75, 3.05) is 12.9 Å². The average molecular weight is 291 g/mol. The normalized spacial score (nSPS) is 10.0. The number of hydrogen-bond donors (Lipinski definition) is 1. The van der Waals surface area contributed by atoms with Crippen LogP contribution in [-0.2, 0) is 4.79 Å². The Balaban J connectivity index is 2.65. The van der Waals surface area contributed by atoms with E-state index in [9.17, 15) is 4.79 Å². The van der Waals surface area contributed by atoms with Gasteiger partial charge >= 0.3 is 5.97 Å². The molecule has 0 spiro atoms. The van der Waals surface area contributed by atoms with E-state index in [2.05, 4.69) is 15.9 Å². The number of carbonyl (C=O) groups is 1. The third kappa shape index (κ3) is 4.13. The highest BCUT2D eigenvalue weighted by Crippen LogP contribution is 2.32. The first-order valence-electron chi connectivity index (χ1n) is 4.31. The van der Waals surface area contributed by atoms with Gasteiger partial charge in [0.1, 0.15) is 5.75 Å². The summed E-state index contributed by atoms with van der Waals surface area (Å²) in [6.07, 6.45) is 0.153. The van der Waals surface area contributed by atoms with Crippen LogP contribution in [0.2, 0.25) is 0 Å².